The zero-order valence-corrected chi connectivity index (χ0v) is 17.1. The van der Waals surface area contributed by atoms with E-state index < -0.39 is 6.04 Å². The van der Waals surface area contributed by atoms with Crippen molar-refractivity contribution in [3.05, 3.63) is 58.1 Å². The Hall–Kier alpha value is -2.08. The molecule has 0 unspecified atom stereocenters. The van der Waals surface area contributed by atoms with Crippen LogP contribution in [0.5, 0.6) is 0 Å². The summed E-state index contributed by atoms with van der Waals surface area (Å²) >= 11 is 12.5. The van der Waals surface area contributed by atoms with Crippen LogP contribution in [0.1, 0.15) is 12.0 Å². The second kappa shape index (κ2) is 7.74. The van der Waals surface area contributed by atoms with E-state index >= 15 is 0 Å². The van der Waals surface area contributed by atoms with Crippen molar-refractivity contribution >= 4 is 46.4 Å². The molecule has 28 heavy (non-hydrogen) atoms. The molecule has 0 aromatic heterocycles. The molecule has 2 aliphatic rings. The molecule has 0 N–H and O–H groups in total. The van der Waals surface area contributed by atoms with Gasteiger partial charge in [-0.2, -0.15) is 0 Å². The van der Waals surface area contributed by atoms with Crippen LogP contribution in [0.4, 0.5) is 11.4 Å². The Morgan fingerprint density at radius 3 is 2.32 bits per heavy atom. The van der Waals surface area contributed by atoms with Crippen molar-refractivity contribution in [3.63, 3.8) is 0 Å². The molecule has 0 radical (unpaired) electrons. The van der Waals surface area contributed by atoms with E-state index in [2.05, 4.69) is 9.80 Å². The van der Waals surface area contributed by atoms with Gasteiger partial charge in [-0.05, 0) is 36.8 Å². The quantitative estimate of drug-likeness (QED) is 0.713. The van der Waals surface area contributed by atoms with Gasteiger partial charge in [0.2, 0.25) is 5.91 Å². The predicted molar refractivity (Wildman–Crippen MR) is 112 cm³/mol. The van der Waals surface area contributed by atoms with E-state index in [4.69, 9.17) is 23.2 Å². The molecule has 2 aliphatic heterocycles. The summed E-state index contributed by atoms with van der Waals surface area (Å²) in [6.07, 6.45) is 0.205. The number of carbonyl (C=O) groups excluding carboxylic acids is 2. The minimum absolute atomic E-state index is 0.170. The lowest BCUT2D eigenvalue weighted by Crippen LogP contribution is -2.52. The topological polar surface area (TPSA) is 43.9 Å². The van der Waals surface area contributed by atoms with Gasteiger partial charge in [0.25, 0.3) is 5.91 Å². The Kier molecular flexibility index (Phi) is 5.32. The van der Waals surface area contributed by atoms with E-state index in [1.807, 2.05) is 37.3 Å². The molecule has 0 aliphatic carbocycles. The van der Waals surface area contributed by atoms with Crippen LogP contribution < -0.4 is 9.80 Å². The average Bonchev–Trinajstić information content (AvgIpc) is 2.99. The summed E-state index contributed by atoms with van der Waals surface area (Å²) < 4.78 is 0. The highest BCUT2D eigenvalue weighted by molar-refractivity contribution is 6.33. The molecule has 0 spiro atoms. The van der Waals surface area contributed by atoms with Gasteiger partial charge in [0.1, 0.15) is 0 Å². The lowest BCUT2D eigenvalue weighted by molar-refractivity contribution is -0.123. The van der Waals surface area contributed by atoms with E-state index in [1.165, 1.54) is 4.90 Å². The number of aryl methyl sites for hydroxylation is 1. The van der Waals surface area contributed by atoms with Crippen molar-refractivity contribution in [2.24, 2.45) is 0 Å². The normalized spacial score (nSPS) is 20.9. The van der Waals surface area contributed by atoms with Gasteiger partial charge in [-0.3, -0.25) is 14.5 Å². The van der Waals surface area contributed by atoms with Gasteiger partial charge in [-0.15, -0.1) is 0 Å². The summed E-state index contributed by atoms with van der Waals surface area (Å²) in [6.45, 7) is 4.83. The second-order valence-corrected chi connectivity index (χ2v) is 8.01. The van der Waals surface area contributed by atoms with Crippen molar-refractivity contribution in [1.29, 1.82) is 0 Å². The monoisotopic (exact) mass is 417 g/mol. The minimum atomic E-state index is -0.416. The van der Waals surface area contributed by atoms with Gasteiger partial charge in [-0.25, -0.2) is 4.90 Å². The largest absolute Gasteiger partial charge is 0.368 e. The van der Waals surface area contributed by atoms with Crippen LogP contribution in [-0.4, -0.2) is 48.9 Å². The van der Waals surface area contributed by atoms with Crippen molar-refractivity contribution < 1.29 is 9.59 Å². The molecule has 1 atom stereocenters. The van der Waals surface area contributed by atoms with Crippen molar-refractivity contribution in [2.45, 2.75) is 19.4 Å². The molecule has 2 saturated heterocycles. The average molecular weight is 418 g/mol. The Morgan fingerprint density at radius 1 is 0.929 bits per heavy atom. The standard InChI is InChI=1S/C21H21Cl2N3O2/c1-14-6-7-15(12-17(14)23)26-20(27)13-19(21(26)28)25-10-8-24(9-11-25)18-5-3-2-4-16(18)22/h2-7,12,19H,8-11,13H2,1H3/t19-/m0/s1. The number of hydrogen-bond donors (Lipinski definition) is 0. The summed E-state index contributed by atoms with van der Waals surface area (Å²) in [5.74, 6) is -0.348. The summed E-state index contributed by atoms with van der Waals surface area (Å²) in [4.78, 5) is 31.2. The maximum atomic E-state index is 13.0. The first-order valence-corrected chi connectivity index (χ1v) is 10.1. The first-order valence-electron chi connectivity index (χ1n) is 9.32. The maximum absolute atomic E-state index is 13.0. The number of para-hydroxylation sites is 1. The van der Waals surface area contributed by atoms with Crippen LogP contribution in [0.25, 0.3) is 0 Å². The molecule has 5 nitrogen and oxygen atoms in total. The number of anilines is 2. The van der Waals surface area contributed by atoms with Crippen LogP contribution in [0.3, 0.4) is 0 Å². The Balaban J connectivity index is 1.46. The van der Waals surface area contributed by atoms with Crippen molar-refractivity contribution in [2.75, 3.05) is 36.0 Å². The predicted octanol–water partition coefficient (Wildman–Crippen LogP) is 3.76. The number of hydrogen-bond acceptors (Lipinski definition) is 4. The third kappa shape index (κ3) is 3.50. The number of rotatable bonds is 3. The summed E-state index contributed by atoms with van der Waals surface area (Å²) in [5.41, 5.74) is 2.47. The van der Waals surface area contributed by atoms with Gasteiger partial charge < -0.3 is 4.90 Å². The van der Waals surface area contributed by atoms with Crippen molar-refractivity contribution in [3.8, 4) is 0 Å². The molecular weight excluding hydrogens is 397 g/mol. The molecular formula is C21H21Cl2N3O2. The summed E-state index contributed by atoms with van der Waals surface area (Å²) in [5, 5.41) is 1.28. The highest BCUT2D eigenvalue weighted by Crippen LogP contribution is 2.31. The Labute approximate surface area is 174 Å². The lowest BCUT2D eigenvalue weighted by Gasteiger charge is -2.38. The third-order valence-corrected chi connectivity index (χ3v) is 6.21. The highest BCUT2D eigenvalue weighted by Gasteiger charge is 2.43. The number of imide groups is 1. The van der Waals surface area contributed by atoms with Crippen LogP contribution in [0, 0.1) is 6.92 Å². The van der Waals surface area contributed by atoms with Crippen molar-refractivity contribution in [1.82, 2.24) is 4.90 Å². The Morgan fingerprint density at radius 2 is 1.64 bits per heavy atom. The molecule has 2 amide bonds. The molecule has 0 bridgehead atoms. The van der Waals surface area contributed by atoms with E-state index in [-0.39, 0.29) is 18.2 Å². The molecule has 4 rings (SSSR count). The summed E-state index contributed by atoms with van der Waals surface area (Å²) in [6, 6.07) is 12.6. The number of amides is 2. The highest BCUT2D eigenvalue weighted by atomic mass is 35.5. The number of halogens is 2. The number of benzene rings is 2. The zero-order chi connectivity index (χ0) is 19.8. The molecule has 146 valence electrons. The zero-order valence-electron chi connectivity index (χ0n) is 15.6. The van der Waals surface area contributed by atoms with Crippen LogP contribution in [0.2, 0.25) is 10.0 Å². The van der Waals surface area contributed by atoms with E-state index in [0.29, 0.717) is 23.8 Å². The van der Waals surface area contributed by atoms with E-state index in [1.54, 1.807) is 12.1 Å². The molecule has 2 fully saturated rings. The first-order chi connectivity index (χ1) is 13.5. The van der Waals surface area contributed by atoms with Gasteiger partial charge in [0, 0.05) is 31.2 Å². The number of carbonyl (C=O) groups is 2. The van der Waals surface area contributed by atoms with E-state index in [9.17, 15) is 9.59 Å². The number of nitrogens with zero attached hydrogens (tertiary/aromatic N) is 3. The van der Waals surface area contributed by atoms with Crippen LogP contribution in [-0.2, 0) is 9.59 Å². The smallest absolute Gasteiger partial charge is 0.251 e. The molecule has 2 aromatic rings. The van der Waals surface area contributed by atoms with Gasteiger partial charge in [0.15, 0.2) is 0 Å². The Bertz CT molecular complexity index is 926. The van der Waals surface area contributed by atoms with E-state index in [0.717, 1.165) is 29.4 Å². The molecule has 2 aromatic carbocycles. The fraction of sp³-hybridized carbons (Fsp3) is 0.333. The van der Waals surface area contributed by atoms with Gasteiger partial charge in [0.05, 0.1) is 28.9 Å². The van der Waals surface area contributed by atoms with Crippen LogP contribution in [0.15, 0.2) is 42.5 Å². The first kappa shape index (κ1) is 19.2. The molecule has 2 heterocycles. The van der Waals surface area contributed by atoms with Gasteiger partial charge in [-0.1, -0.05) is 41.4 Å². The number of piperazine rings is 1. The fourth-order valence-electron chi connectivity index (χ4n) is 3.88. The SMILES string of the molecule is Cc1ccc(N2C(=O)C[C@H](N3CCN(c4ccccc4Cl)CC3)C2=O)cc1Cl. The summed E-state index contributed by atoms with van der Waals surface area (Å²) in [7, 11) is 0. The van der Waals surface area contributed by atoms with Gasteiger partial charge >= 0.3 is 0 Å². The minimum Gasteiger partial charge on any atom is -0.368 e. The fourth-order valence-corrected chi connectivity index (χ4v) is 4.31. The third-order valence-electron chi connectivity index (χ3n) is 5.48. The molecule has 0 saturated carbocycles. The lowest BCUT2D eigenvalue weighted by atomic mass is 10.1. The molecule has 7 heteroatoms. The van der Waals surface area contributed by atoms with Crippen LogP contribution >= 0.6 is 23.2 Å². The second-order valence-electron chi connectivity index (χ2n) is 7.20. The maximum Gasteiger partial charge on any atom is 0.251 e.